The van der Waals surface area contributed by atoms with Crippen LogP contribution in [0.5, 0.6) is 0 Å². The molecule has 0 saturated carbocycles. The van der Waals surface area contributed by atoms with E-state index in [0.29, 0.717) is 12.3 Å². The maximum Gasteiger partial charge on any atom is 0.222 e. The van der Waals surface area contributed by atoms with Gasteiger partial charge in [-0.2, -0.15) is 0 Å². The number of aliphatic hydroxyl groups is 1. The molecule has 0 heterocycles. The van der Waals surface area contributed by atoms with Gasteiger partial charge in [0.2, 0.25) is 5.91 Å². The summed E-state index contributed by atoms with van der Waals surface area (Å²) in [6.07, 6.45) is 14.2. The maximum atomic E-state index is 12.2. The van der Waals surface area contributed by atoms with Crippen LogP contribution in [0.3, 0.4) is 0 Å². The van der Waals surface area contributed by atoms with Crippen molar-refractivity contribution in [1.82, 2.24) is 10.2 Å². The van der Waals surface area contributed by atoms with E-state index in [0.717, 1.165) is 45.4 Å². The summed E-state index contributed by atoms with van der Waals surface area (Å²) in [4.78, 5) is 14.2. The molecule has 0 rings (SSSR count). The molecule has 24 heavy (non-hydrogen) atoms. The maximum absolute atomic E-state index is 12.2. The van der Waals surface area contributed by atoms with Crippen LogP contribution in [0.4, 0.5) is 0 Å². The highest BCUT2D eigenvalue weighted by Gasteiger charge is 2.10. The molecule has 0 atom stereocenters. The van der Waals surface area contributed by atoms with Crippen molar-refractivity contribution >= 4 is 5.91 Å². The monoisotopic (exact) mass is 342 g/mol. The fourth-order valence-corrected chi connectivity index (χ4v) is 2.90. The number of unbranched alkanes of at least 4 members (excludes halogenated alkanes) is 9. The molecule has 2 N–H and O–H groups in total. The second-order valence-corrected chi connectivity index (χ2v) is 6.73. The Labute approximate surface area is 150 Å². The Morgan fingerprint density at radius 1 is 0.833 bits per heavy atom. The normalized spacial score (nSPS) is 11.0. The summed E-state index contributed by atoms with van der Waals surface area (Å²) in [5.74, 6) is 0.303. The van der Waals surface area contributed by atoms with Gasteiger partial charge in [-0.15, -0.1) is 0 Å². The molecule has 4 nitrogen and oxygen atoms in total. The molecule has 144 valence electrons. The average molecular weight is 343 g/mol. The molecule has 0 aromatic rings. The molecular weight excluding hydrogens is 300 g/mol. The summed E-state index contributed by atoms with van der Waals surface area (Å²) in [5.41, 5.74) is 0. The summed E-state index contributed by atoms with van der Waals surface area (Å²) >= 11 is 0. The SMILES string of the molecule is CCCCCCCCCCCC(=O)N(CC)CCNCCCCO. The summed E-state index contributed by atoms with van der Waals surface area (Å²) in [6, 6.07) is 0. The van der Waals surface area contributed by atoms with Gasteiger partial charge in [0.15, 0.2) is 0 Å². The first kappa shape index (κ1) is 23.4. The number of aliphatic hydroxyl groups excluding tert-OH is 1. The molecule has 0 spiro atoms. The molecular formula is C20H42N2O2. The van der Waals surface area contributed by atoms with E-state index in [9.17, 15) is 4.79 Å². The Kier molecular flexibility index (Phi) is 18.2. The van der Waals surface area contributed by atoms with Crippen molar-refractivity contribution in [2.45, 2.75) is 90.9 Å². The van der Waals surface area contributed by atoms with Gasteiger partial charge >= 0.3 is 0 Å². The van der Waals surface area contributed by atoms with Crippen LogP contribution in [0.1, 0.15) is 90.9 Å². The highest BCUT2D eigenvalue weighted by Crippen LogP contribution is 2.11. The number of carbonyl (C=O) groups is 1. The summed E-state index contributed by atoms with van der Waals surface area (Å²) in [7, 11) is 0. The van der Waals surface area contributed by atoms with E-state index in [1.807, 2.05) is 4.90 Å². The second kappa shape index (κ2) is 18.7. The van der Waals surface area contributed by atoms with Gasteiger partial charge in [0, 0.05) is 32.7 Å². The number of carbonyl (C=O) groups excluding carboxylic acids is 1. The molecule has 0 aliphatic heterocycles. The summed E-state index contributed by atoms with van der Waals surface area (Å²) in [5, 5.41) is 12.1. The van der Waals surface area contributed by atoms with Crippen LogP contribution in [-0.2, 0) is 4.79 Å². The first-order chi connectivity index (χ1) is 11.8. The van der Waals surface area contributed by atoms with E-state index in [-0.39, 0.29) is 6.61 Å². The molecule has 0 aromatic carbocycles. The highest BCUT2D eigenvalue weighted by atomic mass is 16.2. The number of rotatable bonds is 18. The first-order valence-corrected chi connectivity index (χ1v) is 10.4. The summed E-state index contributed by atoms with van der Waals surface area (Å²) in [6.45, 7) is 7.94. The van der Waals surface area contributed by atoms with E-state index >= 15 is 0 Å². The van der Waals surface area contributed by atoms with Gasteiger partial charge in [-0.05, 0) is 32.7 Å². The summed E-state index contributed by atoms with van der Waals surface area (Å²) < 4.78 is 0. The van der Waals surface area contributed by atoms with Gasteiger partial charge in [0.1, 0.15) is 0 Å². The van der Waals surface area contributed by atoms with E-state index in [4.69, 9.17) is 5.11 Å². The minimum Gasteiger partial charge on any atom is -0.396 e. The Bertz CT molecular complexity index is 272. The van der Waals surface area contributed by atoms with Crippen LogP contribution in [0.25, 0.3) is 0 Å². The van der Waals surface area contributed by atoms with Crippen LogP contribution >= 0.6 is 0 Å². The highest BCUT2D eigenvalue weighted by molar-refractivity contribution is 5.76. The lowest BCUT2D eigenvalue weighted by molar-refractivity contribution is -0.131. The zero-order chi connectivity index (χ0) is 17.9. The molecule has 0 aromatic heterocycles. The third-order valence-corrected chi connectivity index (χ3v) is 4.55. The molecule has 0 bridgehead atoms. The molecule has 0 fully saturated rings. The Morgan fingerprint density at radius 3 is 2.04 bits per heavy atom. The topological polar surface area (TPSA) is 52.6 Å². The van der Waals surface area contributed by atoms with Crippen LogP contribution in [0.15, 0.2) is 0 Å². The van der Waals surface area contributed by atoms with Gasteiger partial charge < -0.3 is 15.3 Å². The van der Waals surface area contributed by atoms with Gasteiger partial charge in [0.25, 0.3) is 0 Å². The van der Waals surface area contributed by atoms with Crippen molar-refractivity contribution in [1.29, 1.82) is 0 Å². The van der Waals surface area contributed by atoms with Crippen LogP contribution in [0, 0.1) is 0 Å². The quantitative estimate of drug-likeness (QED) is 0.368. The molecule has 0 aliphatic rings. The molecule has 1 amide bonds. The van der Waals surface area contributed by atoms with E-state index in [1.165, 1.54) is 51.4 Å². The second-order valence-electron chi connectivity index (χ2n) is 6.73. The smallest absolute Gasteiger partial charge is 0.222 e. The van der Waals surface area contributed by atoms with Crippen molar-refractivity contribution in [3.05, 3.63) is 0 Å². The zero-order valence-corrected chi connectivity index (χ0v) is 16.3. The van der Waals surface area contributed by atoms with Gasteiger partial charge in [-0.1, -0.05) is 58.3 Å². The minimum absolute atomic E-state index is 0.264. The fourth-order valence-electron chi connectivity index (χ4n) is 2.90. The predicted molar refractivity (Wildman–Crippen MR) is 103 cm³/mol. The van der Waals surface area contributed by atoms with E-state index < -0.39 is 0 Å². The molecule has 4 heteroatoms. The Balaban J connectivity index is 3.51. The van der Waals surface area contributed by atoms with Crippen LogP contribution in [-0.4, -0.2) is 48.7 Å². The number of amides is 1. The minimum atomic E-state index is 0.264. The third kappa shape index (κ3) is 14.9. The average Bonchev–Trinajstić information content (AvgIpc) is 2.59. The lowest BCUT2D eigenvalue weighted by Gasteiger charge is -2.21. The van der Waals surface area contributed by atoms with Crippen molar-refractivity contribution < 1.29 is 9.90 Å². The standard InChI is InChI=1S/C20H42N2O2/c1-3-5-6-7-8-9-10-11-12-15-20(24)22(4-2)18-17-21-16-13-14-19-23/h21,23H,3-19H2,1-2H3. The van der Waals surface area contributed by atoms with Gasteiger partial charge in [-0.25, -0.2) is 0 Å². The number of nitrogens with one attached hydrogen (secondary N) is 1. The lowest BCUT2D eigenvalue weighted by atomic mass is 10.1. The van der Waals surface area contributed by atoms with Crippen molar-refractivity contribution in [3.8, 4) is 0 Å². The van der Waals surface area contributed by atoms with Crippen molar-refractivity contribution in [2.24, 2.45) is 0 Å². The predicted octanol–water partition coefficient (Wildman–Crippen LogP) is 4.12. The fraction of sp³-hybridized carbons (Fsp3) is 0.950. The molecule has 0 radical (unpaired) electrons. The molecule has 0 unspecified atom stereocenters. The zero-order valence-electron chi connectivity index (χ0n) is 16.3. The van der Waals surface area contributed by atoms with E-state index in [1.54, 1.807) is 0 Å². The first-order valence-electron chi connectivity index (χ1n) is 10.4. The Hall–Kier alpha value is -0.610. The van der Waals surface area contributed by atoms with Gasteiger partial charge in [-0.3, -0.25) is 4.79 Å². The lowest BCUT2D eigenvalue weighted by Crippen LogP contribution is -2.36. The largest absolute Gasteiger partial charge is 0.396 e. The number of hydrogen-bond donors (Lipinski definition) is 2. The number of likely N-dealkylation sites (N-methyl/N-ethyl adjacent to an activating group) is 1. The van der Waals surface area contributed by atoms with Gasteiger partial charge in [0.05, 0.1) is 0 Å². The van der Waals surface area contributed by atoms with Crippen molar-refractivity contribution in [2.75, 3.05) is 32.8 Å². The molecule has 0 saturated heterocycles. The van der Waals surface area contributed by atoms with E-state index in [2.05, 4.69) is 19.2 Å². The van der Waals surface area contributed by atoms with Crippen molar-refractivity contribution in [3.63, 3.8) is 0 Å². The molecule has 0 aliphatic carbocycles. The van der Waals surface area contributed by atoms with Crippen LogP contribution in [0.2, 0.25) is 0 Å². The van der Waals surface area contributed by atoms with Crippen LogP contribution < -0.4 is 5.32 Å². The third-order valence-electron chi connectivity index (χ3n) is 4.55. The number of nitrogens with zero attached hydrogens (tertiary/aromatic N) is 1. The number of hydrogen-bond acceptors (Lipinski definition) is 3. The Morgan fingerprint density at radius 2 is 1.46 bits per heavy atom.